The molecule has 1 aliphatic rings. The number of aromatic nitrogens is 1. The molecule has 0 radical (unpaired) electrons. The van der Waals surface area contributed by atoms with Crippen LogP contribution in [0.5, 0.6) is 0 Å². The van der Waals surface area contributed by atoms with Crippen LogP contribution in [0.25, 0.3) is 10.6 Å². The van der Waals surface area contributed by atoms with Crippen LogP contribution in [0.4, 0.5) is 0 Å². The van der Waals surface area contributed by atoms with Gasteiger partial charge in [0.1, 0.15) is 5.01 Å². The average Bonchev–Trinajstić information content (AvgIpc) is 2.96. The van der Waals surface area contributed by atoms with Crippen molar-refractivity contribution < 1.29 is 0 Å². The fraction of sp³-hybridized carbons (Fsp3) is 0.286. The molecule has 1 aliphatic heterocycles. The van der Waals surface area contributed by atoms with E-state index in [-0.39, 0.29) is 0 Å². The van der Waals surface area contributed by atoms with Gasteiger partial charge in [-0.05, 0) is 6.42 Å². The van der Waals surface area contributed by atoms with Crippen molar-refractivity contribution in [2.24, 2.45) is 4.99 Å². The Labute approximate surface area is 116 Å². The van der Waals surface area contributed by atoms with E-state index in [1.54, 1.807) is 11.3 Å². The largest absolute Gasteiger partial charge is 0.356 e. The lowest BCUT2D eigenvalue weighted by Gasteiger charge is -2.15. The van der Waals surface area contributed by atoms with E-state index in [1.807, 2.05) is 18.2 Å². The number of hydrogen-bond acceptors (Lipinski definition) is 5. The molecule has 19 heavy (non-hydrogen) atoms. The molecule has 98 valence electrons. The number of benzene rings is 1. The summed E-state index contributed by atoms with van der Waals surface area (Å²) >= 11 is 1.68. The lowest BCUT2D eigenvalue weighted by atomic mass is 10.2. The second-order valence-electron chi connectivity index (χ2n) is 4.37. The zero-order valence-electron chi connectivity index (χ0n) is 10.6. The first kappa shape index (κ1) is 12.2. The highest BCUT2D eigenvalue weighted by Crippen LogP contribution is 2.23. The van der Waals surface area contributed by atoms with E-state index >= 15 is 0 Å². The maximum absolute atomic E-state index is 4.64. The van der Waals surface area contributed by atoms with Gasteiger partial charge in [0.25, 0.3) is 0 Å². The summed E-state index contributed by atoms with van der Waals surface area (Å²) in [5.74, 6) is 0.889. The topological polar surface area (TPSA) is 49.3 Å². The lowest BCUT2D eigenvalue weighted by molar-refractivity contribution is 0.699. The molecule has 2 N–H and O–H groups in total. The van der Waals surface area contributed by atoms with Gasteiger partial charge in [-0.1, -0.05) is 30.3 Å². The molecule has 3 rings (SSSR count). The second-order valence-corrected chi connectivity index (χ2v) is 5.23. The summed E-state index contributed by atoms with van der Waals surface area (Å²) in [7, 11) is 0. The van der Waals surface area contributed by atoms with Gasteiger partial charge in [0, 0.05) is 24.0 Å². The number of nitrogens with one attached hydrogen (secondary N) is 2. The minimum atomic E-state index is 0.717. The molecule has 0 fully saturated rings. The predicted octanol–water partition coefficient (Wildman–Crippen LogP) is 2.25. The maximum Gasteiger partial charge on any atom is 0.191 e. The fourth-order valence-electron chi connectivity index (χ4n) is 1.93. The highest BCUT2D eigenvalue weighted by molar-refractivity contribution is 7.13. The molecule has 0 atom stereocenters. The Morgan fingerprint density at radius 1 is 1.26 bits per heavy atom. The Balaban J connectivity index is 1.64. The molecular formula is C14H16N4S. The van der Waals surface area contributed by atoms with Gasteiger partial charge in [0.15, 0.2) is 5.96 Å². The zero-order chi connectivity index (χ0) is 12.9. The number of guanidine groups is 1. The van der Waals surface area contributed by atoms with E-state index in [2.05, 4.69) is 38.1 Å². The summed E-state index contributed by atoms with van der Waals surface area (Å²) in [5.41, 5.74) is 2.23. The summed E-state index contributed by atoms with van der Waals surface area (Å²) < 4.78 is 0. The van der Waals surface area contributed by atoms with Crippen LogP contribution in [-0.2, 0) is 6.54 Å². The Kier molecular flexibility index (Phi) is 3.74. The van der Waals surface area contributed by atoms with E-state index in [1.165, 1.54) is 5.56 Å². The SMILES string of the molecule is c1ccc(-c2nc(CNC3=NCCCN3)cs2)cc1. The summed E-state index contributed by atoms with van der Waals surface area (Å²) in [6, 6.07) is 10.3. The molecule has 5 heteroatoms. The molecule has 2 aromatic rings. The van der Waals surface area contributed by atoms with Gasteiger partial charge in [-0.2, -0.15) is 0 Å². The van der Waals surface area contributed by atoms with Crippen molar-refractivity contribution in [1.82, 2.24) is 15.6 Å². The van der Waals surface area contributed by atoms with Crippen molar-refractivity contribution in [3.63, 3.8) is 0 Å². The molecule has 2 heterocycles. The van der Waals surface area contributed by atoms with Crippen LogP contribution >= 0.6 is 11.3 Å². The average molecular weight is 272 g/mol. The van der Waals surface area contributed by atoms with Gasteiger partial charge in [-0.15, -0.1) is 11.3 Å². The van der Waals surface area contributed by atoms with Crippen molar-refractivity contribution in [1.29, 1.82) is 0 Å². The number of aliphatic imine (C=N–C) groups is 1. The van der Waals surface area contributed by atoms with Gasteiger partial charge in [0.2, 0.25) is 0 Å². The molecule has 1 aromatic carbocycles. The van der Waals surface area contributed by atoms with E-state index in [4.69, 9.17) is 0 Å². The van der Waals surface area contributed by atoms with E-state index in [9.17, 15) is 0 Å². The minimum Gasteiger partial charge on any atom is -0.356 e. The first-order valence-electron chi connectivity index (χ1n) is 6.44. The second kappa shape index (κ2) is 5.84. The normalized spacial score (nSPS) is 14.6. The van der Waals surface area contributed by atoms with Gasteiger partial charge < -0.3 is 10.6 Å². The summed E-state index contributed by atoms with van der Waals surface area (Å²) in [5, 5.41) is 9.69. The van der Waals surface area contributed by atoms with Crippen molar-refractivity contribution in [2.45, 2.75) is 13.0 Å². The lowest BCUT2D eigenvalue weighted by Crippen LogP contribution is -2.40. The fourth-order valence-corrected chi connectivity index (χ4v) is 2.75. The zero-order valence-corrected chi connectivity index (χ0v) is 11.4. The Morgan fingerprint density at radius 2 is 2.16 bits per heavy atom. The summed E-state index contributed by atoms with van der Waals surface area (Å²) in [4.78, 5) is 9.02. The monoisotopic (exact) mass is 272 g/mol. The third-order valence-electron chi connectivity index (χ3n) is 2.91. The van der Waals surface area contributed by atoms with Gasteiger partial charge in [0.05, 0.1) is 12.2 Å². The van der Waals surface area contributed by atoms with E-state index in [0.717, 1.165) is 42.7 Å². The molecule has 0 aliphatic carbocycles. The highest BCUT2D eigenvalue weighted by atomic mass is 32.1. The molecule has 0 bridgehead atoms. The van der Waals surface area contributed by atoms with E-state index in [0.29, 0.717) is 0 Å². The van der Waals surface area contributed by atoms with Gasteiger partial charge in [-0.3, -0.25) is 4.99 Å². The predicted molar refractivity (Wildman–Crippen MR) is 79.3 cm³/mol. The molecular weight excluding hydrogens is 256 g/mol. The molecule has 0 saturated heterocycles. The molecule has 4 nitrogen and oxygen atoms in total. The van der Waals surface area contributed by atoms with Crippen molar-refractivity contribution in [2.75, 3.05) is 13.1 Å². The van der Waals surface area contributed by atoms with Crippen molar-refractivity contribution in [3.05, 3.63) is 41.4 Å². The van der Waals surface area contributed by atoms with Gasteiger partial charge in [-0.25, -0.2) is 4.98 Å². The Bertz CT molecular complexity index is 562. The van der Waals surface area contributed by atoms with Crippen molar-refractivity contribution >= 4 is 17.3 Å². The Hall–Kier alpha value is -1.88. The van der Waals surface area contributed by atoms with Crippen LogP contribution in [0, 0.1) is 0 Å². The van der Waals surface area contributed by atoms with Crippen LogP contribution in [0.1, 0.15) is 12.1 Å². The number of hydrogen-bond donors (Lipinski definition) is 2. The molecule has 0 spiro atoms. The van der Waals surface area contributed by atoms with Crippen LogP contribution in [-0.4, -0.2) is 24.0 Å². The molecule has 0 saturated carbocycles. The van der Waals surface area contributed by atoms with Gasteiger partial charge >= 0.3 is 0 Å². The van der Waals surface area contributed by atoms with Crippen LogP contribution in [0.3, 0.4) is 0 Å². The summed E-state index contributed by atoms with van der Waals surface area (Å²) in [6.07, 6.45) is 1.11. The first-order valence-corrected chi connectivity index (χ1v) is 7.32. The van der Waals surface area contributed by atoms with E-state index < -0.39 is 0 Å². The van der Waals surface area contributed by atoms with Crippen LogP contribution in [0.2, 0.25) is 0 Å². The molecule has 0 amide bonds. The maximum atomic E-state index is 4.64. The van der Waals surface area contributed by atoms with Crippen LogP contribution < -0.4 is 10.6 Å². The van der Waals surface area contributed by atoms with Crippen LogP contribution in [0.15, 0.2) is 40.7 Å². The molecule has 0 unspecified atom stereocenters. The Morgan fingerprint density at radius 3 is 2.95 bits per heavy atom. The molecule has 1 aromatic heterocycles. The minimum absolute atomic E-state index is 0.717. The van der Waals surface area contributed by atoms with Crippen molar-refractivity contribution in [3.8, 4) is 10.6 Å². The first-order chi connectivity index (χ1) is 9.42. The number of rotatable bonds is 3. The summed E-state index contributed by atoms with van der Waals surface area (Å²) in [6.45, 7) is 2.62. The highest BCUT2D eigenvalue weighted by Gasteiger charge is 2.06. The quantitative estimate of drug-likeness (QED) is 0.901. The smallest absolute Gasteiger partial charge is 0.191 e. The number of nitrogens with zero attached hydrogens (tertiary/aromatic N) is 2. The third-order valence-corrected chi connectivity index (χ3v) is 3.85. The number of thiazole rings is 1. The third kappa shape index (κ3) is 3.12. The standard InChI is InChI=1S/C14H16N4S/c1-2-5-11(6-3-1)13-18-12(10-19-13)9-17-14-15-7-4-8-16-14/h1-3,5-6,10H,4,7-9H2,(H2,15,16,17).